The van der Waals surface area contributed by atoms with Gasteiger partial charge in [0.15, 0.2) is 0 Å². The molecule has 0 aliphatic rings. The van der Waals surface area contributed by atoms with Gasteiger partial charge in [-0.05, 0) is 26.6 Å². The van der Waals surface area contributed by atoms with E-state index in [1.54, 1.807) is 12.1 Å². The van der Waals surface area contributed by atoms with Gasteiger partial charge in [0.05, 0.1) is 4.92 Å². The van der Waals surface area contributed by atoms with Gasteiger partial charge in [-0.25, -0.2) is 0 Å². The van der Waals surface area contributed by atoms with Crippen molar-refractivity contribution in [2.45, 2.75) is 13.0 Å². The number of likely N-dealkylation sites (N-methyl/N-ethyl adjacent to an activating group) is 2. The van der Waals surface area contributed by atoms with Crippen molar-refractivity contribution in [1.29, 1.82) is 0 Å². The van der Waals surface area contributed by atoms with Crippen LogP contribution in [0.25, 0.3) is 0 Å². The van der Waals surface area contributed by atoms with E-state index in [2.05, 4.69) is 17.1 Å². The Morgan fingerprint density at radius 1 is 1.53 bits per heavy atom. The Bertz CT molecular complexity index is 382. The van der Waals surface area contributed by atoms with E-state index in [0.29, 0.717) is 0 Å². The van der Waals surface area contributed by atoms with Crippen LogP contribution in [0.2, 0.25) is 0 Å². The summed E-state index contributed by atoms with van der Waals surface area (Å²) in [5.74, 6) is 0. The third-order valence-electron chi connectivity index (χ3n) is 2.94. The van der Waals surface area contributed by atoms with E-state index in [0.717, 1.165) is 18.7 Å². The highest BCUT2D eigenvalue weighted by atomic mass is 16.6. The summed E-state index contributed by atoms with van der Waals surface area (Å²) >= 11 is 0. The van der Waals surface area contributed by atoms with Gasteiger partial charge in [0.1, 0.15) is 0 Å². The van der Waals surface area contributed by atoms with Gasteiger partial charge >= 0.3 is 0 Å². The van der Waals surface area contributed by atoms with Gasteiger partial charge in [0.2, 0.25) is 0 Å². The monoisotopic (exact) mass is 237 g/mol. The molecule has 0 radical (unpaired) electrons. The van der Waals surface area contributed by atoms with Gasteiger partial charge in [-0.3, -0.25) is 15.0 Å². The largest absolute Gasteiger partial charge is 0.318 e. The summed E-state index contributed by atoms with van der Waals surface area (Å²) in [6.45, 7) is 3.85. The standard InChI is InChI=1S/C12H19N3O2/c1-10(14(3)8-7-13-2)11-5-4-6-12(9-11)15(16)17/h4-6,9-10,13H,7-8H2,1-3H3. The summed E-state index contributed by atoms with van der Waals surface area (Å²) < 4.78 is 0. The lowest BCUT2D eigenvalue weighted by Crippen LogP contribution is -2.29. The van der Waals surface area contributed by atoms with E-state index in [1.807, 2.05) is 20.2 Å². The zero-order valence-electron chi connectivity index (χ0n) is 10.5. The van der Waals surface area contributed by atoms with E-state index >= 15 is 0 Å². The van der Waals surface area contributed by atoms with E-state index in [1.165, 1.54) is 6.07 Å². The van der Waals surface area contributed by atoms with Crippen molar-refractivity contribution < 1.29 is 4.92 Å². The van der Waals surface area contributed by atoms with Crippen molar-refractivity contribution in [2.24, 2.45) is 0 Å². The molecule has 1 atom stereocenters. The predicted molar refractivity (Wildman–Crippen MR) is 68.1 cm³/mol. The molecule has 1 rings (SSSR count). The highest BCUT2D eigenvalue weighted by molar-refractivity contribution is 5.35. The van der Waals surface area contributed by atoms with Crippen LogP contribution in [0.1, 0.15) is 18.5 Å². The molecule has 1 aromatic rings. The van der Waals surface area contributed by atoms with Crippen LogP contribution >= 0.6 is 0 Å². The first-order valence-corrected chi connectivity index (χ1v) is 5.65. The zero-order valence-corrected chi connectivity index (χ0v) is 10.5. The molecule has 0 fully saturated rings. The maximum atomic E-state index is 10.7. The number of rotatable bonds is 6. The Kier molecular flexibility index (Phi) is 5.06. The summed E-state index contributed by atoms with van der Waals surface area (Å²) in [5, 5.41) is 13.8. The van der Waals surface area contributed by atoms with Gasteiger partial charge in [0.25, 0.3) is 5.69 Å². The van der Waals surface area contributed by atoms with Crippen molar-refractivity contribution in [3.05, 3.63) is 39.9 Å². The van der Waals surface area contributed by atoms with Crippen LogP contribution in [-0.2, 0) is 0 Å². The molecule has 0 amide bonds. The molecule has 1 N–H and O–H groups in total. The summed E-state index contributed by atoms with van der Waals surface area (Å²) in [6.07, 6.45) is 0. The van der Waals surface area contributed by atoms with Crippen molar-refractivity contribution in [1.82, 2.24) is 10.2 Å². The molecule has 0 aliphatic carbocycles. The fourth-order valence-electron chi connectivity index (χ4n) is 1.63. The molecule has 0 heterocycles. The number of benzene rings is 1. The van der Waals surface area contributed by atoms with Crippen LogP contribution in [0, 0.1) is 10.1 Å². The second-order valence-electron chi connectivity index (χ2n) is 4.11. The molecule has 5 heteroatoms. The molecule has 17 heavy (non-hydrogen) atoms. The maximum absolute atomic E-state index is 10.7. The van der Waals surface area contributed by atoms with Crippen LogP contribution in [0.4, 0.5) is 5.69 Å². The second-order valence-corrected chi connectivity index (χ2v) is 4.11. The molecule has 0 spiro atoms. The lowest BCUT2D eigenvalue weighted by atomic mass is 10.1. The number of nitro groups is 1. The molecule has 1 unspecified atom stereocenters. The zero-order chi connectivity index (χ0) is 12.8. The highest BCUT2D eigenvalue weighted by Gasteiger charge is 2.14. The van der Waals surface area contributed by atoms with E-state index in [4.69, 9.17) is 0 Å². The summed E-state index contributed by atoms with van der Waals surface area (Å²) in [5.41, 5.74) is 1.12. The molecule has 0 bridgehead atoms. The Hall–Kier alpha value is -1.46. The molecule has 1 aromatic carbocycles. The number of hydrogen-bond donors (Lipinski definition) is 1. The van der Waals surface area contributed by atoms with Crippen molar-refractivity contribution in [3.8, 4) is 0 Å². The van der Waals surface area contributed by atoms with Crippen molar-refractivity contribution >= 4 is 5.69 Å². The minimum atomic E-state index is -0.357. The third-order valence-corrected chi connectivity index (χ3v) is 2.94. The lowest BCUT2D eigenvalue weighted by Gasteiger charge is -2.24. The van der Waals surface area contributed by atoms with Crippen LogP contribution in [0.3, 0.4) is 0 Å². The van der Waals surface area contributed by atoms with Crippen LogP contribution in [0.15, 0.2) is 24.3 Å². The quantitative estimate of drug-likeness (QED) is 0.605. The fraction of sp³-hybridized carbons (Fsp3) is 0.500. The molecule has 94 valence electrons. The molecule has 0 saturated carbocycles. The maximum Gasteiger partial charge on any atom is 0.269 e. The number of non-ortho nitro benzene ring substituents is 1. The number of nitrogens with zero attached hydrogens (tertiary/aromatic N) is 2. The van der Waals surface area contributed by atoms with Gasteiger partial charge in [-0.1, -0.05) is 12.1 Å². The minimum absolute atomic E-state index is 0.149. The molecule has 5 nitrogen and oxygen atoms in total. The fourth-order valence-corrected chi connectivity index (χ4v) is 1.63. The third kappa shape index (κ3) is 3.80. The minimum Gasteiger partial charge on any atom is -0.318 e. The van der Waals surface area contributed by atoms with Gasteiger partial charge in [-0.2, -0.15) is 0 Å². The van der Waals surface area contributed by atoms with Gasteiger partial charge < -0.3 is 5.32 Å². The molecule has 0 aliphatic heterocycles. The summed E-state index contributed by atoms with van der Waals surface area (Å²) in [4.78, 5) is 12.5. The van der Waals surface area contributed by atoms with Gasteiger partial charge in [-0.15, -0.1) is 0 Å². The average molecular weight is 237 g/mol. The number of hydrogen-bond acceptors (Lipinski definition) is 4. The predicted octanol–water partition coefficient (Wildman–Crippen LogP) is 1.81. The Morgan fingerprint density at radius 3 is 2.82 bits per heavy atom. The topological polar surface area (TPSA) is 58.4 Å². The van der Waals surface area contributed by atoms with Crippen LogP contribution in [-0.4, -0.2) is 37.0 Å². The molecule has 0 saturated heterocycles. The van der Waals surface area contributed by atoms with E-state index < -0.39 is 0 Å². The average Bonchev–Trinajstić information content (AvgIpc) is 2.35. The Balaban J connectivity index is 2.77. The Morgan fingerprint density at radius 2 is 2.24 bits per heavy atom. The molecular weight excluding hydrogens is 218 g/mol. The smallest absolute Gasteiger partial charge is 0.269 e. The number of nitrogens with one attached hydrogen (secondary N) is 1. The molecular formula is C12H19N3O2. The first-order valence-electron chi connectivity index (χ1n) is 5.65. The Labute approximate surface area is 102 Å². The van der Waals surface area contributed by atoms with Crippen molar-refractivity contribution in [3.63, 3.8) is 0 Å². The van der Waals surface area contributed by atoms with Crippen LogP contribution < -0.4 is 5.32 Å². The summed E-state index contributed by atoms with van der Waals surface area (Å²) in [7, 11) is 3.92. The molecule has 0 aromatic heterocycles. The normalized spacial score (nSPS) is 12.7. The number of nitro benzene ring substituents is 1. The summed E-state index contributed by atoms with van der Waals surface area (Å²) in [6, 6.07) is 6.98. The van der Waals surface area contributed by atoms with Gasteiger partial charge in [0, 0.05) is 31.3 Å². The SMILES string of the molecule is CNCCN(C)C(C)c1cccc([N+](=O)[O-])c1. The first-order chi connectivity index (χ1) is 8.06. The van der Waals surface area contributed by atoms with Crippen molar-refractivity contribution in [2.75, 3.05) is 27.2 Å². The van der Waals surface area contributed by atoms with E-state index in [9.17, 15) is 10.1 Å². The second kappa shape index (κ2) is 6.32. The van der Waals surface area contributed by atoms with E-state index in [-0.39, 0.29) is 16.7 Å². The van der Waals surface area contributed by atoms with Crippen LogP contribution in [0.5, 0.6) is 0 Å². The highest BCUT2D eigenvalue weighted by Crippen LogP contribution is 2.22. The first kappa shape index (κ1) is 13.6. The lowest BCUT2D eigenvalue weighted by molar-refractivity contribution is -0.384.